The molecule has 0 aliphatic heterocycles. The van der Waals surface area contributed by atoms with E-state index in [0.717, 1.165) is 60.9 Å². The van der Waals surface area contributed by atoms with E-state index >= 15 is 0 Å². The van der Waals surface area contributed by atoms with E-state index < -0.39 is 0 Å². The Morgan fingerprint density at radius 3 is 2.53 bits per heavy atom. The fourth-order valence-corrected chi connectivity index (χ4v) is 5.37. The monoisotopic (exact) mass is 500 g/mol. The standard InChI is InChI=1S/C28H29ClN6O/c1-16-3-2-4-25(32-16)17-5-12-22(24(29)14-17)23-13-18-15-31-28(33-20-8-9-20)34-26(18)35(27(23)36)21-10-6-19(30)7-11-21/h2-5,12-15,19-21H,6-11,30H2,1H3,(H,31,33,34)/t19-,21-. The van der Waals surface area contributed by atoms with Gasteiger partial charge in [-0.05, 0) is 69.7 Å². The quantitative estimate of drug-likeness (QED) is 0.375. The summed E-state index contributed by atoms with van der Waals surface area (Å²) in [7, 11) is 0. The van der Waals surface area contributed by atoms with Gasteiger partial charge in [0.2, 0.25) is 5.95 Å². The van der Waals surface area contributed by atoms with Gasteiger partial charge in [-0.15, -0.1) is 0 Å². The van der Waals surface area contributed by atoms with Gasteiger partial charge in [0.1, 0.15) is 5.65 Å². The number of rotatable bonds is 5. The number of benzene rings is 1. The van der Waals surface area contributed by atoms with Crippen LogP contribution in [-0.2, 0) is 0 Å². The van der Waals surface area contributed by atoms with Crippen molar-refractivity contribution in [1.82, 2.24) is 19.5 Å². The summed E-state index contributed by atoms with van der Waals surface area (Å²) in [5, 5.41) is 4.69. The summed E-state index contributed by atoms with van der Waals surface area (Å²) in [5.74, 6) is 0.575. The SMILES string of the molecule is Cc1cccc(-c2ccc(-c3cc4cnc(NC5CC5)nc4n([C@H]4CC[C@H](N)CC4)c3=O)c(Cl)c2)n1. The Kier molecular flexibility index (Phi) is 5.97. The maximum absolute atomic E-state index is 14.0. The van der Waals surface area contributed by atoms with Gasteiger partial charge in [0.05, 0.1) is 5.69 Å². The molecule has 36 heavy (non-hydrogen) atoms. The van der Waals surface area contributed by atoms with Gasteiger partial charge in [0, 0.05) is 57.1 Å². The zero-order valence-corrected chi connectivity index (χ0v) is 21.0. The van der Waals surface area contributed by atoms with Crippen LogP contribution in [0.1, 0.15) is 50.3 Å². The number of pyridine rings is 2. The van der Waals surface area contributed by atoms with E-state index in [2.05, 4.69) is 15.3 Å². The fraction of sp³-hybridized carbons (Fsp3) is 0.357. The number of fused-ring (bicyclic) bond motifs is 1. The Morgan fingerprint density at radius 2 is 1.81 bits per heavy atom. The third-order valence-corrected chi connectivity index (χ3v) is 7.55. The van der Waals surface area contributed by atoms with E-state index in [-0.39, 0.29) is 17.6 Å². The minimum Gasteiger partial charge on any atom is -0.351 e. The molecule has 4 aromatic rings. The van der Waals surface area contributed by atoms with Crippen molar-refractivity contribution >= 4 is 28.6 Å². The number of aryl methyl sites for hydroxylation is 1. The second kappa shape index (κ2) is 9.30. The Balaban J connectivity index is 1.48. The normalized spacial score (nSPS) is 20.0. The molecule has 0 radical (unpaired) electrons. The molecule has 2 saturated carbocycles. The van der Waals surface area contributed by atoms with Crippen LogP contribution in [0.5, 0.6) is 0 Å². The maximum Gasteiger partial charge on any atom is 0.260 e. The molecule has 0 saturated heterocycles. The van der Waals surface area contributed by atoms with Gasteiger partial charge >= 0.3 is 0 Å². The summed E-state index contributed by atoms with van der Waals surface area (Å²) in [6.07, 6.45) is 7.53. The molecule has 3 heterocycles. The molecule has 0 spiro atoms. The number of halogens is 1. The lowest BCUT2D eigenvalue weighted by molar-refractivity contribution is 0.324. The molecule has 7 nitrogen and oxygen atoms in total. The van der Waals surface area contributed by atoms with Crippen molar-refractivity contribution in [3.8, 4) is 22.4 Å². The molecule has 8 heteroatoms. The molecule has 3 N–H and O–H groups in total. The van der Waals surface area contributed by atoms with Crippen molar-refractivity contribution in [3.63, 3.8) is 0 Å². The largest absolute Gasteiger partial charge is 0.351 e. The van der Waals surface area contributed by atoms with Crippen LogP contribution >= 0.6 is 11.6 Å². The van der Waals surface area contributed by atoms with Crippen LogP contribution in [0.2, 0.25) is 5.02 Å². The van der Waals surface area contributed by atoms with Crippen LogP contribution in [0.4, 0.5) is 5.95 Å². The van der Waals surface area contributed by atoms with Crippen LogP contribution in [0.15, 0.2) is 53.5 Å². The molecule has 0 atom stereocenters. The van der Waals surface area contributed by atoms with Crippen molar-refractivity contribution in [3.05, 3.63) is 69.7 Å². The minimum atomic E-state index is -0.0811. The summed E-state index contributed by atoms with van der Waals surface area (Å²) in [6, 6.07) is 14.2. The number of hydrogen-bond acceptors (Lipinski definition) is 6. The van der Waals surface area contributed by atoms with Gasteiger partial charge in [-0.25, -0.2) is 4.98 Å². The maximum atomic E-state index is 14.0. The van der Waals surface area contributed by atoms with Gasteiger partial charge in [-0.3, -0.25) is 14.3 Å². The van der Waals surface area contributed by atoms with E-state index in [9.17, 15) is 4.79 Å². The Labute approximate surface area is 214 Å². The van der Waals surface area contributed by atoms with Gasteiger partial charge in [0.15, 0.2) is 0 Å². The van der Waals surface area contributed by atoms with E-state index in [1.165, 1.54) is 0 Å². The molecule has 1 aromatic carbocycles. The molecule has 3 aromatic heterocycles. The topological polar surface area (TPSA) is 98.7 Å². The van der Waals surface area contributed by atoms with Gasteiger partial charge < -0.3 is 11.1 Å². The molecular weight excluding hydrogens is 472 g/mol. The number of nitrogens with one attached hydrogen (secondary N) is 1. The van der Waals surface area contributed by atoms with E-state index in [0.29, 0.717) is 33.8 Å². The summed E-state index contributed by atoms with van der Waals surface area (Å²) in [4.78, 5) is 28.0. The Hall–Kier alpha value is -3.29. The predicted octanol–water partition coefficient (Wildman–Crippen LogP) is 5.50. The van der Waals surface area contributed by atoms with E-state index in [1.807, 2.05) is 54.0 Å². The average molecular weight is 501 g/mol. The van der Waals surface area contributed by atoms with Crippen molar-refractivity contribution in [2.24, 2.45) is 5.73 Å². The fourth-order valence-electron chi connectivity index (χ4n) is 5.09. The number of nitrogens with two attached hydrogens (primary N) is 1. The minimum absolute atomic E-state index is 0.0398. The predicted molar refractivity (Wildman–Crippen MR) is 144 cm³/mol. The third kappa shape index (κ3) is 4.49. The lowest BCUT2D eigenvalue weighted by Crippen LogP contribution is -2.33. The molecule has 0 unspecified atom stereocenters. The van der Waals surface area contributed by atoms with Crippen molar-refractivity contribution in [1.29, 1.82) is 0 Å². The highest BCUT2D eigenvalue weighted by Crippen LogP contribution is 2.34. The molecule has 184 valence electrons. The van der Waals surface area contributed by atoms with Crippen molar-refractivity contribution in [2.75, 3.05) is 5.32 Å². The number of aromatic nitrogens is 4. The van der Waals surface area contributed by atoms with Crippen LogP contribution in [0, 0.1) is 6.92 Å². The highest BCUT2D eigenvalue weighted by atomic mass is 35.5. The van der Waals surface area contributed by atoms with Gasteiger partial charge in [-0.2, -0.15) is 4.98 Å². The lowest BCUT2D eigenvalue weighted by atomic mass is 9.91. The summed E-state index contributed by atoms with van der Waals surface area (Å²) >= 11 is 6.79. The number of nitrogens with zero attached hydrogens (tertiary/aromatic N) is 4. The number of hydrogen-bond donors (Lipinski definition) is 2. The molecule has 0 amide bonds. The lowest BCUT2D eigenvalue weighted by Gasteiger charge is -2.29. The first kappa shape index (κ1) is 23.1. The van der Waals surface area contributed by atoms with Crippen LogP contribution in [0.25, 0.3) is 33.4 Å². The second-order valence-electron chi connectivity index (χ2n) is 10.1. The number of anilines is 1. The van der Waals surface area contributed by atoms with E-state index in [1.54, 1.807) is 6.20 Å². The summed E-state index contributed by atoms with van der Waals surface area (Å²) in [5.41, 5.74) is 10.7. The molecule has 0 bridgehead atoms. The molecule has 2 aliphatic carbocycles. The Morgan fingerprint density at radius 1 is 1.00 bits per heavy atom. The van der Waals surface area contributed by atoms with Crippen LogP contribution in [0.3, 0.4) is 0 Å². The third-order valence-electron chi connectivity index (χ3n) is 7.23. The molecule has 2 aliphatic rings. The smallest absolute Gasteiger partial charge is 0.260 e. The first-order valence-corrected chi connectivity index (χ1v) is 13.0. The Bertz CT molecular complexity index is 1500. The highest BCUT2D eigenvalue weighted by molar-refractivity contribution is 6.33. The zero-order chi connectivity index (χ0) is 24.8. The molecule has 6 rings (SSSR count). The summed E-state index contributed by atoms with van der Waals surface area (Å²) < 4.78 is 1.86. The van der Waals surface area contributed by atoms with E-state index in [4.69, 9.17) is 22.3 Å². The van der Waals surface area contributed by atoms with Crippen molar-refractivity contribution < 1.29 is 0 Å². The average Bonchev–Trinajstić information content (AvgIpc) is 3.69. The summed E-state index contributed by atoms with van der Waals surface area (Å²) in [6.45, 7) is 1.96. The first-order chi connectivity index (χ1) is 17.5. The zero-order valence-electron chi connectivity index (χ0n) is 20.2. The van der Waals surface area contributed by atoms with Crippen molar-refractivity contribution in [2.45, 2.75) is 63.6 Å². The first-order valence-electron chi connectivity index (χ1n) is 12.6. The van der Waals surface area contributed by atoms with Gasteiger partial charge in [-0.1, -0.05) is 29.8 Å². The second-order valence-corrected chi connectivity index (χ2v) is 10.5. The van der Waals surface area contributed by atoms with Gasteiger partial charge in [0.25, 0.3) is 5.56 Å². The molecular formula is C28H29ClN6O. The van der Waals surface area contributed by atoms with Crippen LogP contribution < -0.4 is 16.6 Å². The highest BCUT2D eigenvalue weighted by Gasteiger charge is 2.26. The molecule has 2 fully saturated rings. The van der Waals surface area contributed by atoms with Crippen LogP contribution in [-0.4, -0.2) is 31.6 Å².